The van der Waals surface area contributed by atoms with Crippen LogP contribution in [0.3, 0.4) is 0 Å². The molecule has 0 saturated carbocycles. The van der Waals surface area contributed by atoms with Crippen molar-refractivity contribution in [3.8, 4) is 0 Å². The zero-order chi connectivity index (χ0) is 19.9. The lowest BCUT2D eigenvalue weighted by molar-refractivity contribution is -0.145. The second-order valence-electron chi connectivity index (χ2n) is 6.78. The number of rotatable bonds is 7. The summed E-state index contributed by atoms with van der Waals surface area (Å²) in [6, 6.07) is 6.08. The zero-order valence-corrected chi connectivity index (χ0v) is 15.2. The highest BCUT2D eigenvalue weighted by Crippen LogP contribution is 2.09. The summed E-state index contributed by atoms with van der Waals surface area (Å²) >= 11 is 0. The van der Waals surface area contributed by atoms with Crippen molar-refractivity contribution in [1.82, 2.24) is 10.6 Å². The van der Waals surface area contributed by atoms with Crippen molar-refractivity contribution in [2.24, 2.45) is 0 Å². The van der Waals surface area contributed by atoms with Crippen LogP contribution in [0.5, 0.6) is 0 Å². The smallest absolute Gasteiger partial charge is 0.408 e. The van der Waals surface area contributed by atoms with E-state index in [-0.39, 0.29) is 6.42 Å². The third-order valence-electron chi connectivity index (χ3n) is 3.23. The van der Waals surface area contributed by atoms with Crippen LogP contribution in [0.2, 0.25) is 0 Å². The van der Waals surface area contributed by atoms with E-state index in [1.54, 1.807) is 51.1 Å². The minimum Gasteiger partial charge on any atom is -0.479 e. The van der Waals surface area contributed by atoms with Gasteiger partial charge in [0.05, 0.1) is 0 Å². The summed E-state index contributed by atoms with van der Waals surface area (Å²) in [5.74, 6) is -2.98. The molecule has 0 saturated heterocycles. The topological polar surface area (TPSA) is 122 Å². The van der Waals surface area contributed by atoms with Crippen LogP contribution < -0.4 is 10.6 Å². The Balaban J connectivity index is 2.95. The van der Waals surface area contributed by atoms with Crippen molar-refractivity contribution in [2.45, 2.75) is 51.8 Å². The van der Waals surface area contributed by atoms with Gasteiger partial charge in [-0.15, -0.1) is 0 Å². The summed E-state index contributed by atoms with van der Waals surface area (Å²) in [4.78, 5) is 47.0. The van der Waals surface area contributed by atoms with E-state index >= 15 is 0 Å². The van der Waals surface area contributed by atoms with Crippen molar-refractivity contribution in [2.75, 3.05) is 0 Å². The molecule has 1 rings (SSSR count). The summed E-state index contributed by atoms with van der Waals surface area (Å²) < 4.78 is 5.14. The van der Waals surface area contributed by atoms with Gasteiger partial charge in [-0.05, 0) is 33.3 Å². The number of nitrogens with one attached hydrogen (secondary N) is 2. The Kier molecular flexibility index (Phi) is 7.30. The highest BCUT2D eigenvalue weighted by molar-refractivity contribution is 6.04. The number of carboxylic acid groups (broad SMARTS) is 1. The van der Waals surface area contributed by atoms with Gasteiger partial charge < -0.3 is 20.5 Å². The molecule has 0 aromatic heterocycles. The first-order valence-electron chi connectivity index (χ1n) is 8.06. The maximum absolute atomic E-state index is 12.5. The van der Waals surface area contributed by atoms with Gasteiger partial charge in [-0.2, -0.15) is 0 Å². The third-order valence-corrected chi connectivity index (χ3v) is 3.23. The van der Waals surface area contributed by atoms with Crippen molar-refractivity contribution in [3.63, 3.8) is 0 Å². The Labute approximate surface area is 151 Å². The fourth-order valence-electron chi connectivity index (χ4n) is 2.09. The van der Waals surface area contributed by atoms with Gasteiger partial charge in [0.2, 0.25) is 5.91 Å². The lowest BCUT2D eigenvalue weighted by Gasteiger charge is -2.24. The van der Waals surface area contributed by atoms with Gasteiger partial charge in [0.25, 0.3) is 0 Å². The molecule has 0 aliphatic rings. The SMILES string of the molecule is CC(=O)[C@H](NC(=O)[C@H](Cc1ccccc1)NC(=O)OC(C)(C)C)C(=O)O. The number of hydrogen-bond donors (Lipinski definition) is 3. The molecule has 2 amide bonds. The van der Waals surface area contributed by atoms with Crippen LogP contribution in [-0.4, -0.2) is 46.5 Å². The largest absolute Gasteiger partial charge is 0.479 e. The minimum absolute atomic E-state index is 0.107. The molecule has 0 bridgehead atoms. The number of Topliss-reactive ketones (excluding diaryl/α,β-unsaturated/α-hetero) is 1. The van der Waals surface area contributed by atoms with E-state index in [1.807, 2.05) is 0 Å². The van der Waals surface area contributed by atoms with Crippen LogP contribution in [-0.2, 0) is 25.5 Å². The maximum atomic E-state index is 12.5. The normalized spacial score (nSPS) is 13.2. The molecular weight excluding hydrogens is 340 g/mol. The summed E-state index contributed by atoms with van der Waals surface area (Å²) in [5, 5.41) is 13.6. The molecule has 2 atom stereocenters. The fraction of sp³-hybridized carbons (Fsp3) is 0.444. The monoisotopic (exact) mass is 364 g/mol. The molecule has 0 aliphatic heterocycles. The van der Waals surface area contributed by atoms with Gasteiger partial charge in [0, 0.05) is 6.42 Å². The number of carbonyl (C=O) groups excluding carboxylic acids is 3. The maximum Gasteiger partial charge on any atom is 0.408 e. The molecule has 0 spiro atoms. The van der Waals surface area contributed by atoms with Crippen molar-refractivity contribution < 1.29 is 29.0 Å². The molecular formula is C18H24N2O6. The van der Waals surface area contributed by atoms with Crippen LogP contribution in [0.1, 0.15) is 33.3 Å². The number of carboxylic acids is 1. The molecule has 0 unspecified atom stereocenters. The van der Waals surface area contributed by atoms with E-state index in [0.29, 0.717) is 0 Å². The lowest BCUT2D eigenvalue weighted by atomic mass is 10.0. The van der Waals surface area contributed by atoms with Gasteiger partial charge in [0.1, 0.15) is 11.6 Å². The molecule has 0 heterocycles. The van der Waals surface area contributed by atoms with Crippen LogP contribution in [0.15, 0.2) is 30.3 Å². The fourth-order valence-corrected chi connectivity index (χ4v) is 2.09. The molecule has 8 heteroatoms. The second kappa shape index (κ2) is 8.98. The van der Waals surface area contributed by atoms with E-state index in [4.69, 9.17) is 9.84 Å². The van der Waals surface area contributed by atoms with E-state index < -0.39 is 41.4 Å². The summed E-state index contributed by atoms with van der Waals surface area (Å²) in [7, 11) is 0. The van der Waals surface area contributed by atoms with Gasteiger partial charge in [-0.1, -0.05) is 30.3 Å². The lowest BCUT2D eigenvalue weighted by Crippen LogP contribution is -2.54. The first-order chi connectivity index (χ1) is 12.0. The van der Waals surface area contributed by atoms with Crippen molar-refractivity contribution >= 4 is 23.8 Å². The third kappa shape index (κ3) is 7.33. The molecule has 0 aliphatic carbocycles. The molecule has 1 aromatic rings. The number of ether oxygens (including phenoxy) is 1. The van der Waals surface area contributed by atoms with E-state index in [2.05, 4.69) is 10.6 Å². The van der Waals surface area contributed by atoms with Crippen molar-refractivity contribution in [3.05, 3.63) is 35.9 Å². The van der Waals surface area contributed by atoms with Crippen LogP contribution in [0.25, 0.3) is 0 Å². The number of aliphatic carboxylic acids is 1. The molecule has 8 nitrogen and oxygen atoms in total. The Hall–Kier alpha value is -2.90. The van der Waals surface area contributed by atoms with Crippen LogP contribution in [0.4, 0.5) is 4.79 Å². The first kappa shape index (κ1) is 21.1. The number of ketones is 1. The number of benzene rings is 1. The standard InChI is InChI=1S/C18H24N2O6/c1-11(21)14(16(23)24)20-15(22)13(10-12-8-6-5-7-9-12)19-17(25)26-18(2,3)4/h5-9,13-14H,10H2,1-4H3,(H,19,25)(H,20,22)(H,23,24)/t13-,14-/m0/s1. The predicted molar refractivity (Wildman–Crippen MR) is 93.6 cm³/mol. The summed E-state index contributed by atoms with van der Waals surface area (Å²) in [6.45, 7) is 6.09. The minimum atomic E-state index is -1.68. The number of carbonyl (C=O) groups is 4. The van der Waals surface area contributed by atoms with Gasteiger partial charge in [-0.3, -0.25) is 9.59 Å². The Morgan fingerprint density at radius 1 is 1.08 bits per heavy atom. The molecule has 142 valence electrons. The summed E-state index contributed by atoms with van der Waals surface area (Å²) in [5.41, 5.74) is -0.0145. The average molecular weight is 364 g/mol. The first-order valence-corrected chi connectivity index (χ1v) is 8.06. The molecule has 26 heavy (non-hydrogen) atoms. The Morgan fingerprint density at radius 3 is 2.12 bits per heavy atom. The van der Waals surface area contributed by atoms with Gasteiger partial charge in [-0.25, -0.2) is 9.59 Å². The highest BCUT2D eigenvalue weighted by atomic mass is 16.6. The van der Waals surface area contributed by atoms with E-state index in [0.717, 1.165) is 12.5 Å². The molecule has 1 aromatic carbocycles. The predicted octanol–water partition coefficient (Wildman–Crippen LogP) is 1.28. The number of alkyl carbamates (subject to hydrolysis) is 1. The van der Waals surface area contributed by atoms with Gasteiger partial charge >= 0.3 is 12.1 Å². The van der Waals surface area contributed by atoms with Crippen LogP contribution >= 0.6 is 0 Å². The zero-order valence-electron chi connectivity index (χ0n) is 15.2. The van der Waals surface area contributed by atoms with Gasteiger partial charge in [0.15, 0.2) is 11.8 Å². The Bertz CT molecular complexity index is 652. The number of hydrogen-bond acceptors (Lipinski definition) is 5. The van der Waals surface area contributed by atoms with Crippen molar-refractivity contribution in [1.29, 1.82) is 0 Å². The molecule has 3 N–H and O–H groups in total. The second-order valence-corrected chi connectivity index (χ2v) is 6.78. The average Bonchev–Trinajstić information content (AvgIpc) is 2.50. The molecule has 0 fully saturated rings. The molecule has 0 radical (unpaired) electrons. The number of amides is 2. The quantitative estimate of drug-likeness (QED) is 0.627. The van der Waals surface area contributed by atoms with E-state index in [1.165, 1.54) is 0 Å². The summed E-state index contributed by atoms with van der Waals surface area (Å²) in [6.07, 6.45) is -0.709. The van der Waals surface area contributed by atoms with E-state index in [9.17, 15) is 19.2 Å². The Morgan fingerprint density at radius 2 is 1.65 bits per heavy atom. The highest BCUT2D eigenvalue weighted by Gasteiger charge is 2.30. The van der Waals surface area contributed by atoms with Crippen LogP contribution in [0, 0.1) is 0 Å².